The van der Waals surface area contributed by atoms with E-state index in [1.165, 1.54) is 22.2 Å². The molecule has 0 unspecified atom stereocenters. The monoisotopic (exact) mass is 262 g/mol. The van der Waals surface area contributed by atoms with Gasteiger partial charge in [0.15, 0.2) is 0 Å². The lowest BCUT2D eigenvalue weighted by Gasteiger charge is -2.02. The molecular formula is C15H22N2S. The molecule has 3 heteroatoms. The molecule has 2 nitrogen and oxygen atoms in total. The fourth-order valence-electron chi connectivity index (χ4n) is 2.30. The third-order valence-corrected chi connectivity index (χ3v) is 3.82. The predicted octanol–water partition coefficient (Wildman–Crippen LogP) is 3.16. The average molecular weight is 262 g/mol. The lowest BCUT2D eigenvalue weighted by atomic mass is 10.1. The minimum absolute atomic E-state index is 1.05. The third-order valence-electron chi connectivity index (χ3n) is 3.23. The molecule has 1 aromatic heterocycles. The van der Waals surface area contributed by atoms with E-state index < -0.39 is 0 Å². The van der Waals surface area contributed by atoms with Crippen LogP contribution in [-0.4, -0.2) is 29.7 Å². The molecule has 0 saturated carbocycles. The minimum atomic E-state index is 1.05. The van der Waals surface area contributed by atoms with Gasteiger partial charge >= 0.3 is 0 Å². The number of aromatic nitrogens is 1. The number of hydrogen-bond donors (Lipinski definition) is 1. The zero-order valence-corrected chi connectivity index (χ0v) is 12.1. The molecule has 1 heterocycles. The number of nitrogens with zero attached hydrogens (tertiary/aromatic N) is 1. The van der Waals surface area contributed by atoms with Gasteiger partial charge in [0, 0.05) is 29.4 Å². The Balaban J connectivity index is 2.23. The van der Waals surface area contributed by atoms with Gasteiger partial charge in [0.05, 0.1) is 0 Å². The summed E-state index contributed by atoms with van der Waals surface area (Å²) in [5.74, 6) is 1.17. The second-order valence-corrected chi connectivity index (χ2v) is 5.45. The van der Waals surface area contributed by atoms with Crippen LogP contribution in [-0.2, 0) is 13.0 Å². The van der Waals surface area contributed by atoms with Crippen molar-refractivity contribution >= 4 is 22.7 Å². The zero-order valence-electron chi connectivity index (χ0n) is 11.3. The normalized spacial score (nSPS) is 11.2. The molecule has 0 aliphatic rings. The molecule has 98 valence electrons. The van der Waals surface area contributed by atoms with Gasteiger partial charge in [0.2, 0.25) is 0 Å². The van der Waals surface area contributed by atoms with Gasteiger partial charge in [-0.25, -0.2) is 0 Å². The van der Waals surface area contributed by atoms with Gasteiger partial charge < -0.3 is 9.88 Å². The number of nitrogens with one attached hydrogen (secondary N) is 1. The minimum Gasteiger partial charge on any atom is -0.346 e. The van der Waals surface area contributed by atoms with Crippen molar-refractivity contribution in [3.05, 3.63) is 36.0 Å². The third kappa shape index (κ3) is 3.09. The van der Waals surface area contributed by atoms with Crippen LogP contribution in [0.2, 0.25) is 0 Å². The second-order valence-electron chi connectivity index (χ2n) is 4.46. The van der Waals surface area contributed by atoms with E-state index in [4.69, 9.17) is 0 Å². The Morgan fingerprint density at radius 3 is 2.89 bits per heavy atom. The quantitative estimate of drug-likeness (QED) is 0.772. The maximum atomic E-state index is 3.40. The highest BCUT2D eigenvalue weighted by molar-refractivity contribution is 7.98. The van der Waals surface area contributed by atoms with Gasteiger partial charge in [-0.2, -0.15) is 11.8 Å². The van der Waals surface area contributed by atoms with Crippen LogP contribution in [0.4, 0.5) is 0 Å². The lowest BCUT2D eigenvalue weighted by molar-refractivity contribution is 0.714. The molecular weight excluding hydrogens is 240 g/mol. The van der Waals surface area contributed by atoms with E-state index >= 15 is 0 Å². The number of benzene rings is 1. The maximum Gasteiger partial charge on any atom is 0.0483 e. The fourth-order valence-corrected chi connectivity index (χ4v) is 2.68. The van der Waals surface area contributed by atoms with E-state index in [9.17, 15) is 0 Å². The number of fused-ring (bicyclic) bond motifs is 1. The van der Waals surface area contributed by atoms with E-state index in [1.807, 2.05) is 11.8 Å². The van der Waals surface area contributed by atoms with Gasteiger partial charge in [-0.3, -0.25) is 0 Å². The summed E-state index contributed by atoms with van der Waals surface area (Å²) >= 11 is 1.90. The Morgan fingerprint density at radius 2 is 2.11 bits per heavy atom. The van der Waals surface area contributed by atoms with Crippen LogP contribution < -0.4 is 5.32 Å². The van der Waals surface area contributed by atoms with Crippen molar-refractivity contribution in [1.82, 2.24) is 9.88 Å². The van der Waals surface area contributed by atoms with Crippen LogP contribution in [0.15, 0.2) is 30.5 Å². The van der Waals surface area contributed by atoms with Crippen molar-refractivity contribution in [2.75, 3.05) is 25.1 Å². The van der Waals surface area contributed by atoms with Gasteiger partial charge in [-0.15, -0.1) is 0 Å². The Morgan fingerprint density at radius 1 is 1.28 bits per heavy atom. The molecule has 0 radical (unpaired) electrons. The molecule has 0 atom stereocenters. The van der Waals surface area contributed by atoms with E-state index in [0.29, 0.717) is 0 Å². The number of likely N-dealkylation sites (N-methyl/N-ethyl adjacent to an activating group) is 1. The smallest absolute Gasteiger partial charge is 0.0483 e. The summed E-state index contributed by atoms with van der Waals surface area (Å²) in [5, 5.41) is 4.81. The van der Waals surface area contributed by atoms with Gasteiger partial charge in [0.1, 0.15) is 0 Å². The van der Waals surface area contributed by atoms with Crippen molar-refractivity contribution < 1.29 is 0 Å². The number of hydrogen-bond acceptors (Lipinski definition) is 2. The van der Waals surface area contributed by atoms with Crippen molar-refractivity contribution in [2.45, 2.75) is 19.9 Å². The average Bonchev–Trinajstić information content (AvgIpc) is 2.76. The van der Waals surface area contributed by atoms with Crippen molar-refractivity contribution in [3.63, 3.8) is 0 Å². The summed E-state index contributed by atoms with van der Waals surface area (Å²) in [6.07, 6.45) is 5.61. The van der Waals surface area contributed by atoms with E-state index in [1.54, 1.807) is 0 Å². The zero-order chi connectivity index (χ0) is 12.8. The molecule has 0 spiro atoms. The van der Waals surface area contributed by atoms with Crippen molar-refractivity contribution in [1.29, 1.82) is 0 Å². The summed E-state index contributed by atoms with van der Waals surface area (Å²) in [7, 11) is 0. The molecule has 0 saturated heterocycles. The van der Waals surface area contributed by atoms with Crippen LogP contribution >= 0.6 is 11.8 Å². The van der Waals surface area contributed by atoms with Crippen LogP contribution in [0.1, 0.15) is 12.5 Å². The molecule has 0 aliphatic heterocycles. The first-order chi connectivity index (χ1) is 8.86. The topological polar surface area (TPSA) is 17.0 Å². The highest BCUT2D eigenvalue weighted by Crippen LogP contribution is 2.21. The molecule has 1 N–H and O–H groups in total. The molecule has 0 bridgehead atoms. The fraction of sp³-hybridized carbons (Fsp3) is 0.467. The Hall–Kier alpha value is -0.930. The molecule has 0 fully saturated rings. The Kier molecular flexibility index (Phi) is 5.14. The van der Waals surface area contributed by atoms with E-state index in [2.05, 4.69) is 53.5 Å². The molecule has 0 aliphatic carbocycles. The summed E-state index contributed by atoms with van der Waals surface area (Å²) in [5.41, 5.74) is 2.84. The number of thioether (sulfide) groups is 1. The first-order valence-corrected chi connectivity index (χ1v) is 8.02. The van der Waals surface area contributed by atoms with E-state index in [-0.39, 0.29) is 0 Å². The number of aryl methyl sites for hydroxylation is 1. The Bertz CT molecular complexity index is 490. The maximum absolute atomic E-state index is 3.40. The van der Waals surface area contributed by atoms with Crippen LogP contribution in [0.5, 0.6) is 0 Å². The Labute approximate surface area is 114 Å². The highest BCUT2D eigenvalue weighted by Gasteiger charge is 2.07. The standard InChI is InChI=1S/C15H22N2S/c1-3-16-9-8-13-12-17(10-11-18-2)15-7-5-4-6-14(13)15/h4-7,12,16H,3,8-11H2,1-2H3. The van der Waals surface area contributed by atoms with Crippen LogP contribution in [0.3, 0.4) is 0 Å². The van der Waals surface area contributed by atoms with Gasteiger partial charge in [0.25, 0.3) is 0 Å². The number of para-hydroxylation sites is 1. The van der Waals surface area contributed by atoms with Crippen molar-refractivity contribution in [3.8, 4) is 0 Å². The van der Waals surface area contributed by atoms with Crippen LogP contribution in [0.25, 0.3) is 10.9 Å². The molecule has 1 aromatic carbocycles. The lowest BCUT2D eigenvalue weighted by Crippen LogP contribution is -2.15. The summed E-state index contributed by atoms with van der Waals surface area (Å²) in [6.45, 7) is 5.36. The van der Waals surface area contributed by atoms with Gasteiger partial charge in [-0.05, 0) is 37.4 Å². The predicted molar refractivity (Wildman–Crippen MR) is 82.6 cm³/mol. The number of rotatable bonds is 7. The molecule has 2 rings (SSSR count). The molecule has 0 amide bonds. The highest BCUT2D eigenvalue weighted by atomic mass is 32.2. The van der Waals surface area contributed by atoms with Crippen LogP contribution in [0, 0.1) is 0 Å². The largest absolute Gasteiger partial charge is 0.346 e. The first-order valence-electron chi connectivity index (χ1n) is 6.63. The first kappa shape index (κ1) is 13.5. The van der Waals surface area contributed by atoms with Gasteiger partial charge in [-0.1, -0.05) is 25.1 Å². The molecule has 2 aromatic rings. The SMILES string of the molecule is CCNCCc1cn(CCSC)c2ccccc12. The van der Waals surface area contributed by atoms with Crippen molar-refractivity contribution in [2.24, 2.45) is 0 Å². The summed E-state index contributed by atoms with van der Waals surface area (Å²) in [4.78, 5) is 0. The summed E-state index contributed by atoms with van der Waals surface area (Å²) in [6, 6.07) is 8.74. The summed E-state index contributed by atoms with van der Waals surface area (Å²) < 4.78 is 2.40. The van der Waals surface area contributed by atoms with E-state index in [0.717, 1.165) is 26.1 Å². The molecule has 18 heavy (non-hydrogen) atoms. The second kappa shape index (κ2) is 6.86.